The third kappa shape index (κ3) is 5.17. The number of rotatable bonds is 9. The Hall–Kier alpha value is -2.22. The molecule has 0 spiro atoms. The standard InChI is InChI=1S/C24H34N4O3/c1-31-12-11-25-24(30)18-13-19(26-14-16-7-5-6-8-16)21(22(18)29)20-15-27-23(28-20)17-9-3-2-4-10-17/h2-4,9-10,15-16,18-19,21-22,26,29H,5-8,11-14H2,1H3,(H,25,30)(H,27,28)/t18-,19+,21+,22+/m0/s1. The van der Waals surface area contributed by atoms with Gasteiger partial charge in [-0.3, -0.25) is 4.79 Å². The maximum absolute atomic E-state index is 12.8. The number of methoxy groups -OCH3 is 1. The summed E-state index contributed by atoms with van der Waals surface area (Å²) in [6.45, 7) is 1.85. The summed E-state index contributed by atoms with van der Waals surface area (Å²) in [5, 5.41) is 17.8. The molecular weight excluding hydrogens is 392 g/mol. The van der Waals surface area contributed by atoms with E-state index >= 15 is 0 Å². The molecule has 2 aliphatic rings. The van der Waals surface area contributed by atoms with E-state index in [0.717, 1.165) is 23.6 Å². The number of carbonyl (C=O) groups excluding carboxylic acids is 1. The molecule has 1 heterocycles. The van der Waals surface area contributed by atoms with Gasteiger partial charge in [0.25, 0.3) is 0 Å². The number of carbonyl (C=O) groups is 1. The second-order valence-electron chi connectivity index (χ2n) is 8.86. The van der Waals surface area contributed by atoms with Gasteiger partial charge in [0.2, 0.25) is 5.91 Å². The van der Waals surface area contributed by atoms with Gasteiger partial charge in [0.1, 0.15) is 5.82 Å². The summed E-state index contributed by atoms with van der Waals surface area (Å²) in [6.07, 6.45) is 6.77. The molecule has 2 aromatic rings. The summed E-state index contributed by atoms with van der Waals surface area (Å²) in [4.78, 5) is 20.7. The molecular formula is C24H34N4O3. The van der Waals surface area contributed by atoms with E-state index < -0.39 is 12.0 Å². The first kappa shape index (κ1) is 22.0. The van der Waals surface area contributed by atoms with Crippen molar-refractivity contribution in [2.45, 2.75) is 50.2 Å². The first-order chi connectivity index (χ1) is 15.2. The van der Waals surface area contributed by atoms with E-state index in [4.69, 9.17) is 4.74 Å². The lowest BCUT2D eigenvalue weighted by molar-refractivity contribution is -0.127. The van der Waals surface area contributed by atoms with Crippen LogP contribution in [0.1, 0.15) is 43.7 Å². The van der Waals surface area contributed by atoms with Gasteiger partial charge in [0.15, 0.2) is 0 Å². The Morgan fingerprint density at radius 1 is 1.26 bits per heavy atom. The van der Waals surface area contributed by atoms with Crippen LogP contribution in [0.2, 0.25) is 0 Å². The van der Waals surface area contributed by atoms with Gasteiger partial charge in [-0.2, -0.15) is 0 Å². The molecule has 2 saturated carbocycles. The van der Waals surface area contributed by atoms with Crippen LogP contribution in [-0.4, -0.2) is 59.9 Å². The molecule has 0 aliphatic heterocycles. The Morgan fingerprint density at radius 2 is 2.03 bits per heavy atom. The van der Waals surface area contributed by atoms with Gasteiger partial charge in [-0.25, -0.2) is 4.98 Å². The Bertz CT molecular complexity index is 834. The zero-order chi connectivity index (χ0) is 21.6. The van der Waals surface area contributed by atoms with Crippen molar-refractivity contribution >= 4 is 5.91 Å². The minimum Gasteiger partial charge on any atom is -0.392 e. The van der Waals surface area contributed by atoms with Crippen LogP contribution in [0.15, 0.2) is 36.5 Å². The average molecular weight is 427 g/mol. The molecule has 4 N–H and O–H groups in total. The summed E-state index contributed by atoms with van der Waals surface area (Å²) in [5.74, 6) is 0.706. The quantitative estimate of drug-likeness (QED) is 0.462. The number of H-pyrrole nitrogens is 1. The number of aliphatic hydroxyl groups is 1. The Morgan fingerprint density at radius 3 is 2.77 bits per heavy atom. The van der Waals surface area contributed by atoms with Crippen LogP contribution in [0.3, 0.4) is 0 Å². The van der Waals surface area contributed by atoms with Crippen LogP contribution < -0.4 is 10.6 Å². The number of benzene rings is 1. The second kappa shape index (κ2) is 10.4. The molecule has 168 valence electrons. The van der Waals surface area contributed by atoms with Crippen molar-refractivity contribution in [3.63, 3.8) is 0 Å². The summed E-state index contributed by atoms with van der Waals surface area (Å²) in [6, 6.07) is 9.98. The van der Waals surface area contributed by atoms with Crippen LogP contribution in [0, 0.1) is 11.8 Å². The molecule has 2 fully saturated rings. The third-order valence-corrected chi connectivity index (χ3v) is 6.81. The maximum Gasteiger partial charge on any atom is 0.225 e. The summed E-state index contributed by atoms with van der Waals surface area (Å²) in [7, 11) is 1.61. The highest BCUT2D eigenvalue weighted by atomic mass is 16.5. The Kier molecular flexibility index (Phi) is 7.37. The molecule has 0 radical (unpaired) electrons. The largest absolute Gasteiger partial charge is 0.392 e. The number of nitrogens with zero attached hydrogens (tertiary/aromatic N) is 1. The van der Waals surface area contributed by atoms with Crippen molar-refractivity contribution in [3.8, 4) is 11.4 Å². The van der Waals surface area contributed by atoms with Crippen LogP contribution in [0.25, 0.3) is 11.4 Å². The topological polar surface area (TPSA) is 99.3 Å². The zero-order valence-electron chi connectivity index (χ0n) is 18.2. The minimum absolute atomic E-state index is 0.0258. The molecule has 1 amide bonds. The van der Waals surface area contributed by atoms with Crippen molar-refractivity contribution < 1.29 is 14.6 Å². The van der Waals surface area contributed by atoms with E-state index in [0.29, 0.717) is 25.5 Å². The van der Waals surface area contributed by atoms with Crippen molar-refractivity contribution in [2.24, 2.45) is 11.8 Å². The lowest BCUT2D eigenvalue weighted by atomic mass is 9.95. The molecule has 4 rings (SSSR count). The number of aromatic nitrogens is 2. The third-order valence-electron chi connectivity index (χ3n) is 6.81. The van der Waals surface area contributed by atoms with Crippen LogP contribution >= 0.6 is 0 Å². The second-order valence-corrected chi connectivity index (χ2v) is 8.86. The van der Waals surface area contributed by atoms with Crippen molar-refractivity contribution in [2.75, 3.05) is 26.8 Å². The fourth-order valence-corrected chi connectivity index (χ4v) is 5.11. The average Bonchev–Trinajstić information content (AvgIpc) is 3.53. The van der Waals surface area contributed by atoms with E-state index in [1.165, 1.54) is 25.7 Å². The molecule has 7 nitrogen and oxygen atoms in total. The van der Waals surface area contributed by atoms with Gasteiger partial charge in [0, 0.05) is 43.1 Å². The monoisotopic (exact) mass is 426 g/mol. The highest BCUT2D eigenvalue weighted by Gasteiger charge is 2.47. The number of aliphatic hydroxyl groups excluding tert-OH is 1. The van der Waals surface area contributed by atoms with Gasteiger partial charge in [-0.05, 0) is 31.7 Å². The number of hydrogen-bond donors (Lipinski definition) is 4. The predicted octanol–water partition coefficient (Wildman–Crippen LogP) is 2.45. The summed E-state index contributed by atoms with van der Waals surface area (Å²) < 4.78 is 5.03. The van der Waals surface area contributed by atoms with Crippen molar-refractivity contribution in [1.29, 1.82) is 0 Å². The highest BCUT2D eigenvalue weighted by Crippen LogP contribution is 2.39. The number of imidazole rings is 1. The predicted molar refractivity (Wildman–Crippen MR) is 120 cm³/mol. The van der Waals surface area contributed by atoms with Gasteiger partial charge < -0.3 is 25.5 Å². The molecule has 2 aliphatic carbocycles. The number of ether oxygens (including phenoxy) is 1. The van der Waals surface area contributed by atoms with Gasteiger partial charge in [0.05, 0.1) is 18.6 Å². The molecule has 1 aromatic carbocycles. The fraction of sp³-hybridized carbons (Fsp3) is 0.583. The van der Waals surface area contributed by atoms with E-state index in [-0.39, 0.29) is 17.9 Å². The molecule has 0 unspecified atom stereocenters. The summed E-state index contributed by atoms with van der Waals surface area (Å²) in [5.41, 5.74) is 1.88. The molecule has 1 aromatic heterocycles. The number of hydrogen-bond acceptors (Lipinski definition) is 5. The Balaban J connectivity index is 1.51. The smallest absolute Gasteiger partial charge is 0.225 e. The number of amides is 1. The van der Waals surface area contributed by atoms with Gasteiger partial charge in [-0.1, -0.05) is 43.2 Å². The molecule has 7 heteroatoms. The number of nitrogens with one attached hydrogen (secondary N) is 3. The SMILES string of the molecule is COCCNC(=O)[C@H]1C[C@@H](NCC2CCCC2)[C@H](c2cnc(-c3ccccc3)[nH]2)[C@@H]1O. The maximum atomic E-state index is 12.8. The van der Waals surface area contributed by atoms with Gasteiger partial charge >= 0.3 is 0 Å². The van der Waals surface area contributed by atoms with E-state index in [2.05, 4.69) is 20.6 Å². The van der Waals surface area contributed by atoms with Crippen LogP contribution in [0.4, 0.5) is 0 Å². The molecule has 0 bridgehead atoms. The first-order valence-electron chi connectivity index (χ1n) is 11.5. The molecule has 0 saturated heterocycles. The van der Waals surface area contributed by atoms with Crippen molar-refractivity contribution in [1.82, 2.24) is 20.6 Å². The van der Waals surface area contributed by atoms with Gasteiger partial charge in [-0.15, -0.1) is 0 Å². The minimum atomic E-state index is -0.771. The lowest BCUT2D eigenvalue weighted by Crippen LogP contribution is -2.38. The lowest BCUT2D eigenvalue weighted by Gasteiger charge is -2.24. The fourth-order valence-electron chi connectivity index (χ4n) is 5.11. The molecule has 31 heavy (non-hydrogen) atoms. The zero-order valence-corrected chi connectivity index (χ0v) is 18.2. The summed E-state index contributed by atoms with van der Waals surface area (Å²) >= 11 is 0. The first-order valence-corrected chi connectivity index (χ1v) is 11.5. The highest BCUT2D eigenvalue weighted by molar-refractivity contribution is 5.80. The Labute approximate surface area is 184 Å². The van der Waals surface area contributed by atoms with E-state index in [9.17, 15) is 9.90 Å². The normalized spacial score (nSPS) is 26.4. The molecule has 4 atom stereocenters. The van der Waals surface area contributed by atoms with E-state index in [1.807, 2.05) is 36.5 Å². The van der Waals surface area contributed by atoms with Crippen LogP contribution in [0.5, 0.6) is 0 Å². The van der Waals surface area contributed by atoms with E-state index in [1.54, 1.807) is 7.11 Å². The number of aromatic amines is 1. The van der Waals surface area contributed by atoms with Crippen molar-refractivity contribution in [3.05, 3.63) is 42.2 Å². The van der Waals surface area contributed by atoms with Crippen LogP contribution in [-0.2, 0) is 9.53 Å².